The largest absolute Gasteiger partial charge is 0.785 e. The second-order valence-corrected chi connectivity index (χ2v) is 6.99. The van der Waals surface area contributed by atoms with E-state index in [2.05, 4.69) is 0 Å². The summed E-state index contributed by atoms with van der Waals surface area (Å²) in [5.41, 5.74) is 0. The summed E-state index contributed by atoms with van der Waals surface area (Å²) in [5, 5.41) is 23.1. The second kappa shape index (κ2) is 11.1. The molecule has 4 heteroatoms. The van der Waals surface area contributed by atoms with Crippen LogP contribution in [0.1, 0.15) is 90.9 Å². The maximum atomic E-state index is 12.0. The lowest BCUT2D eigenvalue weighted by Gasteiger charge is -2.48. The summed E-state index contributed by atoms with van der Waals surface area (Å²) >= 11 is 0. The quantitative estimate of drug-likeness (QED) is 0.581. The molecule has 1 aliphatic heterocycles. The van der Waals surface area contributed by atoms with Crippen LogP contribution in [0.5, 0.6) is 0 Å². The number of unbranched alkanes of at least 4 members (excludes halogenated alkanes) is 7. The number of Topliss-reactive ketones (excluding diaryl/α,β-unsaturated/α-hetero) is 1. The Bertz CT molecular complexity index is 309. The molecule has 0 aliphatic carbocycles. The van der Waals surface area contributed by atoms with Crippen LogP contribution in [-0.2, 0) is 4.79 Å². The van der Waals surface area contributed by atoms with Gasteiger partial charge in [0, 0.05) is 12.5 Å². The number of carbonyl (C=O) groups is 1. The van der Waals surface area contributed by atoms with Gasteiger partial charge in [0.05, 0.1) is 6.10 Å². The molecule has 1 heterocycles. The van der Waals surface area contributed by atoms with Gasteiger partial charge in [-0.05, 0) is 38.6 Å². The summed E-state index contributed by atoms with van der Waals surface area (Å²) < 4.78 is 0. The molecule has 3 unspecified atom stereocenters. The van der Waals surface area contributed by atoms with Crippen LogP contribution < -0.4 is 0 Å². The van der Waals surface area contributed by atoms with Crippen LogP contribution in [-0.4, -0.2) is 34.1 Å². The fourth-order valence-corrected chi connectivity index (χ4v) is 3.34. The first-order valence-corrected chi connectivity index (χ1v) is 9.15. The van der Waals surface area contributed by atoms with Gasteiger partial charge in [-0.1, -0.05) is 51.9 Å². The van der Waals surface area contributed by atoms with Crippen molar-refractivity contribution in [2.24, 2.45) is 0 Å². The monoisotopic (exact) mass is 312 g/mol. The van der Waals surface area contributed by atoms with E-state index in [0.717, 1.165) is 56.4 Å². The Kier molecular flexibility index (Phi) is 9.92. The van der Waals surface area contributed by atoms with Crippen molar-refractivity contribution in [3.8, 4) is 0 Å². The van der Waals surface area contributed by atoms with Crippen molar-refractivity contribution in [3.05, 3.63) is 5.21 Å². The van der Waals surface area contributed by atoms with Crippen LogP contribution in [0.3, 0.4) is 0 Å². The smallest absolute Gasteiger partial charge is 0.129 e. The van der Waals surface area contributed by atoms with Crippen LogP contribution in [0, 0.1) is 5.21 Å². The van der Waals surface area contributed by atoms with E-state index in [-0.39, 0.29) is 12.1 Å². The zero-order valence-corrected chi connectivity index (χ0v) is 14.4. The van der Waals surface area contributed by atoms with Crippen molar-refractivity contribution in [1.29, 1.82) is 0 Å². The van der Waals surface area contributed by atoms with E-state index in [4.69, 9.17) is 0 Å². The molecule has 3 atom stereocenters. The highest BCUT2D eigenvalue weighted by molar-refractivity contribution is 5.75. The van der Waals surface area contributed by atoms with Gasteiger partial charge in [-0.15, -0.1) is 0 Å². The highest BCUT2D eigenvalue weighted by Gasteiger charge is 2.27. The van der Waals surface area contributed by atoms with E-state index in [0.29, 0.717) is 5.78 Å². The van der Waals surface area contributed by atoms with Gasteiger partial charge >= 0.3 is 0 Å². The minimum absolute atomic E-state index is 0.0587. The molecule has 0 saturated carbocycles. The number of ketones is 1. The summed E-state index contributed by atoms with van der Waals surface area (Å²) in [4.78, 5) is 10.8. The van der Waals surface area contributed by atoms with Crippen molar-refractivity contribution in [3.63, 3.8) is 0 Å². The first kappa shape index (κ1) is 19.6. The normalized spacial score (nSPS) is 26.3. The van der Waals surface area contributed by atoms with E-state index in [1.54, 1.807) is 6.92 Å². The number of aliphatic hydroxyl groups is 1. The van der Waals surface area contributed by atoms with Crippen LogP contribution in [0.25, 0.3) is 0 Å². The van der Waals surface area contributed by atoms with Crippen molar-refractivity contribution in [2.75, 3.05) is 0 Å². The summed E-state index contributed by atoms with van der Waals surface area (Å²) in [7, 11) is 0. The molecule has 1 aliphatic rings. The zero-order valence-electron chi connectivity index (χ0n) is 14.4. The topological polar surface area (TPSA) is 63.6 Å². The van der Waals surface area contributed by atoms with E-state index < -0.39 is 6.10 Å². The van der Waals surface area contributed by atoms with Gasteiger partial charge in [-0.3, -0.25) is 0 Å². The Morgan fingerprint density at radius 2 is 1.59 bits per heavy atom. The average molecular weight is 312 g/mol. The Hall–Kier alpha value is -0.450. The minimum Gasteiger partial charge on any atom is -0.785 e. The zero-order chi connectivity index (χ0) is 16.4. The fraction of sp³-hybridized carbons (Fsp3) is 0.944. The number of nitrogens with zero attached hydrogens (tertiary/aromatic N) is 1. The number of hydrogen-bond donors (Lipinski definition) is 1. The summed E-state index contributed by atoms with van der Waals surface area (Å²) in [6.45, 7) is 3.62. The predicted octanol–water partition coefficient (Wildman–Crippen LogP) is 4.19. The SMILES string of the molecule is CC(=O)CCCCCCCCCCC1C(O)CCC(C)N1[O-]. The molecular weight excluding hydrogens is 278 g/mol. The molecule has 1 fully saturated rings. The van der Waals surface area contributed by atoms with Crippen LogP contribution in [0.2, 0.25) is 0 Å². The lowest BCUT2D eigenvalue weighted by molar-refractivity contribution is -0.117. The molecule has 0 bridgehead atoms. The molecule has 0 aromatic heterocycles. The van der Waals surface area contributed by atoms with Gasteiger partial charge in [0.15, 0.2) is 0 Å². The molecular formula is C18H34NO3-. The lowest BCUT2D eigenvalue weighted by Crippen LogP contribution is -2.49. The molecule has 0 aromatic carbocycles. The van der Waals surface area contributed by atoms with E-state index >= 15 is 0 Å². The van der Waals surface area contributed by atoms with Crippen LogP contribution in [0.4, 0.5) is 0 Å². The summed E-state index contributed by atoms with van der Waals surface area (Å²) in [6.07, 6.45) is 12.0. The minimum atomic E-state index is -0.435. The average Bonchev–Trinajstić information content (AvgIpc) is 2.48. The Morgan fingerprint density at radius 1 is 1.05 bits per heavy atom. The molecule has 1 saturated heterocycles. The number of carbonyl (C=O) groups excluding carboxylic acids is 1. The van der Waals surface area contributed by atoms with E-state index in [1.165, 1.54) is 25.7 Å². The molecule has 0 aromatic rings. The third-order valence-electron chi connectivity index (χ3n) is 4.86. The maximum absolute atomic E-state index is 12.0. The molecule has 0 amide bonds. The highest BCUT2D eigenvalue weighted by Crippen LogP contribution is 2.26. The highest BCUT2D eigenvalue weighted by atomic mass is 16.5. The van der Waals surface area contributed by atoms with Gasteiger partial charge in [0.1, 0.15) is 5.78 Å². The van der Waals surface area contributed by atoms with E-state index in [1.807, 2.05) is 6.92 Å². The Labute approximate surface area is 135 Å². The second-order valence-electron chi connectivity index (χ2n) is 6.99. The number of piperidine rings is 1. The molecule has 22 heavy (non-hydrogen) atoms. The molecule has 130 valence electrons. The molecule has 1 N–H and O–H groups in total. The van der Waals surface area contributed by atoms with Gasteiger partial charge in [0.25, 0.3) is 0 Å². The molecule has 0 spiro atoms. The van der Waals surface area contributed by atoms with Crippen molar-refractivity contribution in [1.82, 2.24) is 5.06 Å². The van der Waals surface area contributed by atoms with Gasteiger partial charge in [0.2, 0.25) is 0 Å². The number of hydrogen-bond acceptors (Lipinski definition) is 4. The van der Waals surface area contributed by atoms with Crippen LogP contribution >= 0.6 is 0 Å². The van der Waals surface area contributed by atoms with Gasteiger partial charge in [-0.2, -0.15) is 0 Å². The van der Waals surface area contributed by atoms with Gasteiger partial charge in [-0.25, -0.2) is 0 Å². The maximum Gasteiger partial charge on any atom is 0.129 e. The van der Waals surface area contributed by atoms with E-state index in [9.17, 15) is 15.1 Å². The molecule has 0 radical (unpaired) electrons. The number of rotatable bonds is 11. The van der Waals surface area contributed by atoms with Crippen molar-refractivity contribution < 1.29 is 9.90 Å². The summed E-state index contributed by atoms with van der Waals surface area (Å²) in [6, 6.07) is -0.126. The van der Waals surface area contributed by atoms with Crippen molar-refractivity contribution in [2.45, 2.75) is 109 Å². The predicted molar refractivity (Wildman–Crippen MR) is 90.5 cm³/mol. The Morgan fingerprint density at radius 3 is 2.18 bits per heavy atom. The third kappa shape index (κ3) is 7.70. The van der Waals surface area contributed by atoms with Crippen molar-refractivity contribution >= 4 is 5.78 Å². The van der Waals surface area contributed by atoms with Gasteiger partial charge < -0.3 is 20.2 Å². The standard InChI is InChI=1S/C18H34NO3/c1-15-13-14-18(21)17(19(15)22)12-10-8-6-4-3-5-7-9-11-16(2)20/h15,17-18,21H,3-14H2,1-2H3/q-1. The number of hydroxylamine groups is 2. The molecule has 1 rings (SSSR count). The molecule has 4 nitrogen and oxygen atoms in total. The number of aliphatic hydroxyl groups excluding tert-OH is 1. The fourth-order valence-electron chi connectivity index (χ4n) is 3.34. The third-order valence-corrected chi connectivity index (χ3v) is 4.86. The van der Waals surface area contributed by atoms with Crippen LogP contribution in [0.15, 0.2) is 0 Å². The lowest BCUT2D eigenvalue weighted by atomic mass is 9.92. The Balaban J connectivity index is 1.95. The first-order chi connectivity index (χ1) is 10.5. The summed E-state index contributed by atoms with van der Waals surface area (Å²) in [5.74, 6) is 0.298. The first-order valence-electron chi connectivity index (χ1n) is 9.15.